The van der Waals surface area contributed by atoms with Crippen molar-refractivity contribution in [1.29, 1.82) is 0 Å². The van der Waals surface area contributed by atoms with Gasteiger partial charge in [-0.1, -0.05) is 142 Å². The molecule has 0 spiro atoms. The number of carbonyl (C=O) groups is 7. The Kier molecular flexibility index (Phi) is 26.2. The van der Waals surface area contributed by atoms with Gasteiger partial charge in [0, 0.05) is 61.8 Å². The Labute approximate surface area is 702 Å². The number of nitrogens with zero attached hydrogens (tertiary/aromatic N) is 3. The molecular weight excluding hydrogens is 1510 g/mol. The van der Waals surface area contributed by atoms with Crippen molar-refractivity contribution in [2.45, 2.75) is 273 Å². The number of hydrogen-bond acceptors (Lipinski definition) is 21. The van der Waals surface area contributed by atoms with Crippen molar-refractivity contribution in [3.63, 3.8) is 0 Å². The molecule has 10 aliphatic rings. The lowest BCUT2D eigenvalue weighted by atomic mass is 9.43. The number of oxime groups is 1. The summed E-state index contributed by atoms with van der Waals surface area (Å²) in [5.74, 6) is 3.83. The van der Waals surface area contributed by atoms with Crippen LogP contribution in [0.25, 0.3) is 0 Å². The Morgan fingerprint density at radius 2 is 0.874 bits per heavy atom. The highest BCUT2D eigenvalue weighted by atomic mass is 16.7. The zero-order valence-electron chi connectivity index (χ0n) is 73.1. The normalized spacial score (nSPS) is 23.4. The van der Waals surface area contributed by atoms with Gasteiger partial charge in [-0.05, 0) is 239 Å². The Bertz CT molecular complexity index is 4770. The number of benzene rings is 6. The topological polar surface area (TPSA) is 275 Å². The number of fused-ring (bicyclic) bond motifs is 2. The number of esters is 2. The van der Waals surface area contributed by atoms with Gasteiger partial charge in [-0.25, -0.2) is 25.1 Å². The fourth-order valence-electron chi connectivity index (χ4n) is 18.8. The van der Waals surface area contributed by atoms with E-state index in [9.17, 15) is 33.6 Å². The van der Waals surface area contributed by atoms with Crippen molar-refractivity contribution in [3.05, 3.63) is 200 Å². The van der Waals surface area contributed by atoms with E-state index in [1.165, 1.54) is 14.2 Å². The molecule has 636 valence electrons. The molecule has 4 bridgehead atoms. The van der Waals surface area contributed by atoms with E-state index in [2.05, 4.69) is 51.5 Å². The first-order valence-electron chi connectivity index (χ1n) is 41.7. The molecule has 4 aliphatic heterocycles. The van der Waals surface area contributed by atoms with Crippen LogP contribution < -0.4 is 15.4 Å². The van der Waals surface area contributed by atoms with Crippen LogP contribution in [-0.2, 0) is 109 Å². The van der Waals surface area contributed by atoms with Gasteiger partial charge in [-0.3, -0.25) is 29.0 Å². The summed E-state index contributed by atoms with van der Waals surface area (Å²) in [4.78, 5) is 109. The molecule has 0 aromatic heterocycles. The molecule has 6 aromatic rings. The molecule has 2 saturated heterocycles. The lowest BCUT2D eigenvalue weighted by Crippen LogP contribution is -2.65. The Balaban J connectivity index is 0.000000199. The highest BCUT2D eigenvalue weighted by Gasteiger charge is 2.70. The lowest BCUT2D eigenvalue weighted by Gasteiger charge is -2.64. The SMILES string of the molecule is COc1c(C[C@H](CC(=O)/C(=N\OCc2ccccc2)c2ccc3c(c2)CN(C(=O)OC(C)(C)C)C3)B2OC3C[C@@H]4C[C@@H](C4(C)C)[C@]3(C)O2)cccc1C(=O)OC(C)(C)C.COc1c(C[C@H](CC(=O)C(=O)c2ccc3c(c2)CN(C(=O)OC(C)(C)C)C3)B2OC3C[C@@H]4C[C@@H](C4(C)C)[C@]3(C)O2)cccc1C(=O)OC(C)(C)C.NOCc1ccccc1. The number of methoxy groups -OCH3 is 2. The molecule has 23 nitrogen and oxygen atoms in total. The van der Waals surface area contributed by atoms with E-state index in [0.29, 0.717) is 84.5 Å². The van der Waals surface area contributed by atoms with Crippen molar-refractivity contribution in [3.8, 4) is 11.5 Å². The van der Waals surface area contributed by atoms with E-state index in [4.69, 9.17) is 57.8 Å². The molecule has 16 rings (SSSR count). The fraction of sp³-hybridized carbons (Fsp3) is 0.532. The molecule has 2 N–H and O–H groups in total. The van der Waals surface area contributed by atoms with Gasteiger partial charge in [0.1, 0.15) is 51.6 Å². The van der Waals surface area contributed by atoms with Gasteiger partial charge in [0.2, 0.25) is 11.6 Å². The summed E-state index contributed by atoms with van der Waals surface area (Å²) in [5.41, 5.74) is 5.14. The second-order valence-corrected chi connectivity index (χ2v) is 38.8. The van der Waals surface area contributed by atoms with Gasteiger partial charge in [-0.15, -0.1) is 0 Å². The van der Waals surface area contributed by atoms with E-state index in [-0.39, 0.29) is 78.1 Å². The molecule has 8 fully saturated rings. The van der Waals surface area contributed by atoms with E-state index in [0.717, 1.165) is 64.6 Å². The number of ether oxygens (including phenoxy) is 6. The molecule has 6 aromatic carbocycles. The summed E-state index contributed by atoms with van der Waals surface area (Å²) in [6, 6.07) is 41.0. The predicted molar refractivity (Wildman–Crippen MR) is 452 cm³/mol. The highest BCUT2D eigenvalue weighted by Crippen LogP contribution is 2.68. The summed E-state index contributed by atoms with van der Waals surface area (Å²) < 4.78 is 61.7. The van der Waals surface area contributed by atoms with Crippen LogP contribution in [0, 0.1) is 34.5 Å². The number of rotatable bonds is 23. The lowest BCUT2D eigenvalue weighted by molar-refractivity contribution is -0.199. The number of nitrogens with two attached hydrogens (primary N) is 1. The van der Waals surface area contributed by atoms with Crippen LogP contribution in [0.15, 0.2) is 139 Å². The van der Waals surface area contributed by atoms with Gasteiger partial charge in [-0.2, -0.15) is 0 Å². The van der Waals surface area contributed by atoms with Crippen LogP contribution in [0.5, 0.6) is 11.5 Å². The highest BCUT2D eigenvalue weighted by molar-refractivity contribution is 6.52. The van der Waals surface area contributed by atoms with Crippen molar-refractivity contribution >= 4 is 61.4 Å². The monoisotopic (exact) mass is 1630 g/mol. The number of para-hydroxylation sites is 2. The van der Waals surface area contributed by atoms with Gasteiger partial charge >= 0.3 is 38.4 Å². The maximum atomic E-state index is 14.9. The van der Waals surface area contributed by atoms with Crippen molar-refractivity contribution in [1.82, 2.24) is 9.80 Å². The second kappa shape index (κ2) is 35.1. The maximum Gasteiger partial charge on any atom is 0.461 e. The van der Waals surface area contributed by atoms with Crippen LogP contribution >= 0.6 is 0 Å². The largest absolute Gasteiger partial charge is 0.496 e. The first kappa shape index (κ1) is 89.0. The Morgan fingerprint density at radius 3 is 1.28 bits per heavy atom. The molecule has 10 atom stereocenters. The molecule has 2 amide bonds. The number of carbonyl (C=O) groups excluding carboxylic acids is 7. The minimum atomic E-state index is -0.746. The summed E-state index contributed by atoms with van der Waals surface area (Å²) in [5, 5.41) is 4.53. The van der Waals surface area contributed by atoms with Crippen LogP contribution in [0.1, 0.15) is 244 Å². The molecular formula is C94H120B2N4O19. The molecule has 6 saturated carbocycles. The predicted octanol–water partition coefficient (Wildman–Crippen LogP) is 17.6. The molecule has 119 heavy (non-hydrogen) atoms. The Morgan fingerprint density at radius 1 is 0.479 bits per heavy atom. The average molecular weight is 1630 g/mol. The van der Waals surface area contributed by atoms with E-state index in [1.807, 2.05) is 153 Å². The van der Waals surface area contributed by atoms with Gasteiger partial charge in [0.05, 0.1) is 44.2 Å². The van der Waals surface area contributed by atoms with Crippen LogP contribution in [0.4, 0.5) is 9.59 Å². The average Bonchev–Trinajstić information content (AvgIpc) is 1.61. The molecule has 6 aliphatic carbocycles. The van der Waals surface area contributed by atoms with Crippen LogP contribution in [0.3, 0.4) is 0 Å². The minimum Gasteiger partial charge on any atom is -0.496 e. The van der Waals surface area contributed by atoms with Crippen molar-refractivity contribution in [2.24, 2.45) is 45.6 Å². The molecule has 0 radical (unpaired) electrons. The quantitative estimate of drug-likeness (QED) is 0.0119. The summed E-state index contributed by atoms with van der Waals surface area (Å²) in [7, 11) is 1.58. The molecule has 2 unspecified atom stereocenters. The number of ketones is 3. The van der Waals surface area contributed by atoms with E-state index >= 15 is 0 Å². The maximum absolute atomic E-state index is 14.9. The minimum absolute atomic E-state index is 0.000573. The standard InChI is InChI=1S/C47H59BN2O9.C40H52BNO9.C7H9NO/c1-44(2,3)56-42(52)36-18-14-17-31(41(36)54-10)22-35(48-58-39-24-34-23-38(46(34,7)8)47(39,9)59-48)25-37(51)40(49-55-28-29-15-12-11-13-16-29)30-19-20-32-26-50(27-33(32)21-30)43(53)57-45(4,5)6;1-37(2,3)48-35(45)29-13-11-12-24(34(29)47-10)17-28(41-50-32-19-27-18-31(39(27,7)8)40(32,9)51-41)20-30(43)33(44)23-14-15-25-21-42(22-26(25)16-23)36(46)49-38(4,5)6;8-9-6-7-4-2-1-3-5-7/h11-21,34-35,38-39H,22-28H2,1-10H3;11-16,27-28,31-32H,17-22H2,1-10H3;1-5H,6,8H2/b49-40-;;/t34-,35+,38-,39?,47-;27-,28+,31-,32?,40-;/m00./s1. The van der Waals surface area contributed by atoms with Gasteiger partial charge in [0.25, 0.3) is 0 Å². The Hall–Kier alpha value is -9.23. The zero-order valence-corrected chi connectivity index (χ0v) is 73.1. The first-order valence-corrected chi connectivity index (χ1v) is 41.7. The van der Waals surface area contributed by atoms with Crippen molar-refractivity contribution < 1.29 is 90.3 Å². The third-order valence-corrected chi connectivity index (χ3v) is 24.9. The first-order chi connectivity index (χ1) is 55.9. The van der Waals surface area contributed by atoms with Crippen LogP contribution in [0.2, 0.25) is 11.6 Å². The smallest absolute Gasteiger partial charge is 0.461 e. The number of hydrogen-bond donors (Lipinski definition) is 1. The molecule has 4 heterocycles. The zero-order chi connectivity index (χ0) is 86.3. The van der Waals surface area contributed by atoms with E-state index in [1.54, 1.807) is 73.0 Å². The van der Waals surface area contributed by atoms with Gasteiger partial charge < -0.3 is 51.9 Å². The summed E-state index contributed by atoms with van der Waals surface area (Å²) in [6.07, 6.45) is 3.32. The fourth-order valence-corrected chi connectivity index (χ4v) is 18.8. The van der Waals surface area contributed by atoms with Crippen molar-refractivity contribution in [2.75, 3.05) is 14.2 Å². The van der Waals surface area contributed by atoms with Gasteiger partial charge in [0.15, 0.2) is 11.5 Å². The summed E-state index contributed by atoms with van der Waals surface area (Å²) >= 11 is 0. The molecule has 25 heteroatoms. The van der Waals surface area contributed by atoms with E-state index < -0.39 is 95.2 Å². The third-order valence-electron chi connectivity index (χ3n) is 24.9. The van der Waals surface area contributed by atoms with Crippen LogP contribution in [-0.4, -0.2) is 131 Å². The third kappa shape index (κ3) is 20.2. The number of amides is 2. The second-order valence-electron chi connectivity index (χ2n) is 38.8. The number of Topliss-reactive ketones (excluding diaryl/α,β-unsaturated/α-hetero) is 3. The summed E-state index contributed by atoms with van der Waals surface area (Å²) in [6.45, 7) is 37.4.